The molecule has 0 fully saturated rings. The normalized spacial score (nSPS) is 17.6. The van der Waals surface area contributed by atoms with E-state index in [4.69, 9.17) is 14.1 Å². The zero-order chi connectivity index (χ0) is 24.2. The molecule has 2 aliphatic carbocycles. The second-order valence-electron chi connectivity index (χ2n) is 9.26. The maximum Gasteiger partial charge on any atom is 0.307 e. The number of allylic oxidation sites excluding steroid dienone is 4. The summed E-state index contributed by atoms with van der Waals surface area (Å²) in [5.74, 6) is 1.33. The maximum atomic E-state index is 11.7. The zero-order valence-electron chi connectivity index (χ0n) is 20.1. The summed E-state index contributed by atoms with van der Waals surface area (Å²) in [6.45, 7) is 2.43. The minimum atomic E-state index is -0.702. The van der Waals surface area contributed by atoms with Crippen LogP contribution >= 0.6 is 0 Å². The van der Waals surface area contributed by atoms with Crippen LogP contribution in [-0.4, -0.2) is 22.7 Å². The molecule has 0 saturated carbocycles. The number of aliphatic carboxylic acids is 1. The molecule has 0 radical (unpaired) electrons. The lowest BCUT2D eigenvalue weighted by atomic mass is 9.85. The second-order valence-corrected chi connectivity index (χ2v) is 9.26. The van der Waals surface area contributed by atoms with Gasteiger partial charge in [-0.1, -0.05) is 61.5 Å². The van der Waals surface area contributed by atoms with Crippen molar-refractivity contribution in [3.63, 3.8) is 0 Å². The first-order valence-electron chi connectivity index (χ1n) is 12.5. The molecular weight excluding hydrogens is 438 g/mol. The van der Waals surface area contributed by atoms with Crippen molar-refractivity contribution < 1.29 is 19.1 Å². The number of aromatic nitrogens is 1. The van der Waals surface area contributed by atoms with Crippen LogP contribution in [0, 0.1) is 5.92 Å². The Balaban J connectivity index is 1.31. The number of hydrogen-bond donors (Lipinski definition) is 1. The third-order valence-electron chi connectivity index (χ3n) is 7.06. The maximum absolute atomic E-state index is 11.7. The van der Waals surface area contributed by atoms with E-state index in [-0.39, 0.29) is 11.8 Å². The fraction of sp³-hybridized carbons (Fsp3) is 0.333. The van der Waals surface area contributed by atoms with Crippen molar-refractivity contribution in [2.24, 2.45) is 5.92 Å². The molecule has 2 unspecified atom stereocenters. The van der Waals surface area contributed by atoms with Gasteiger partial charge in [0, 0.05) is 17.6 Å². The molecule has 0 saturated heterocycles. The van der Waals surface area contributed by atoms with Crippen LogP contribution in [0.3, 0.4) is 0 Å². The molecule has 5 nitrogen and oxygen atoms in total. The van der Waals surface area contributed by atoms with E-state index in [9.17, 15) is 9.90 Å². The SMILES string of the molecule is CCC(C(=O)O)C1CCc2cc(OCCc3nc(C4=CCCC=C4)oc3-c3ccccc3)ccc21. The average molecular weight is 470 g/mol. The first-order chi connectivity index (χ1) is 17.1. The Kier molecular flexibility index (Phi) is 6.84. The topological polar surface area (TPSA) is 72.6 Å². The van der Waals surface area contributed by atoms with E-state index < -0.39 is 5.97 Å². The predicted octanol–water partition coefficient (Wildman–Crippen LogP) is 6.84. The van der Waals surface area contributed by atoms with E-state index in [2.05, 4.69) is 30.4 Å². The number of rotatable bonds is 9. The number of aryl methyl sites for hydroxylation is 1. The van der Waals surface area contributed by atoms with Crippen molar-refractivity contribution >= 4 is 11.5 Å². The molecule has 5 heteroatoms. The molecule has 2 aliphatic rings. The third kappa shape index (κ3) is 4.95. The van der Waals surface area contributed by atoms with Crippen LogP contribution in [-0.2, 0) is 17.6 Å². The summed E-state index contributed by atoms with van der Waals surface area (Å²) in [4.78, 5) is 16.5. The van der Waals surface area contributed by atoms with Gasteiger partial charge in [0.05, 0.1) is 18.2 Å². The van der Waals surface area contributed by atoms with Gasteiger partial charge >= 0.3 is 5.97 Å². The van der Waals surface area contributed by atoms with Crippen LogP contribution in [0.5, 0.6) is 5.75 Å². The minimum Gasteiger partial charge on any atom is -0.493 e. The lowest BCUT2D eigenvalue weighted by Gasteiger charge is -2.19. The van der Waals surface area contributed by atoms with Gasteiger partial charge in [0.15, 0.2) is 5.76 Å². The van der Waals surface area contributed by atoms with Gasteiger partial charge in [-0.2, -0.15) is 0 Å². The van der Waals surface area contributed by atoms with Gasteiger partial charge in [0.25, 0.3) is 0 Å². The van der Waals surface area contributed by atoms with E-state index in [0.717, 1.165) is 59.6 Å². The Morgan fingerprint density at radius 3 is 2.80 bits per heavy atom. The molecular formula is C30H31NO4. The summed E-state index contributed by atoms with van der Waals surface area (Å²) < 4.78 is 12.4. The first kappa shape index (κ1) is 23.2. The van der Waals surface area contributed by atoms with Crippen molar-refractivity contribution in [2.45, 2.75) is 51.4 Å². The highest BCUT2D eigenvalue weighted by Crippen LogP contribution is 2.41. The number of fused-ring (bicyclic) bond motifs is 1. The van der Waals surface area contributed by atoms with E-state index in [1.165, 1.54) is 5.56 Å². The summed E-state index contributed by atoms with van der Waals surface area (Å²) in [6, 6.07) is 16.2. The van der Waals surface area contributed by atoms with Crippen LogP contribution < -0.4 is 4.74 Å². The van der Waals surface area contributed by atoms with Gasteiger partial charge in [0.2, 0.25) is 5.89 Å². The lowest BCUT2D eigenvalue weighted by Crippen LogP contribution is -2.19. The monoisotopic (exact) mass is 469 g/mol. The van der Waals surface area contributed by atoms with E-state index >= 15 is 0 Å². The highest BCUT2D eigenvalue weighted by atomic mass is 16.5. The number of hydrogen-bond acceptors (Lipinski definition) is 4. The molecule has 3 aromatic rings. The molecule has 35 heavy (non-hydrogen) atoms. The smallest absolute Gasteiger partial charge is 0.307 e. The molecule has 180 valence electrons. The van der Waals surface area contributed by atoms with Crippen molar-refractivity contribution in [3.8, 4) is 17.1 Å². The summed E-state index contributed by atoms with van der Waals surface area (Å²) in [7, 11) is 0. The molecule has 0 bridgehead atoms. The van der Waals surface area contributed by atoms with E-state index in [0.29, 0.717) is 25.3 Å². The van der Waals surface area contributed by atoms with Crippen molar-refractivity contribution in [1.82, 2.24) is 4.98 Å². The van der Waals surface area contributed by atoms with Gasteiger partial charge in [0.1, 0.15) is 5.75 Å². The van der Waals surface area contributed by atoms with E-state index in [1.54, 1.807) is 0 Å². The van der Waals surface area contributed by atoms with Crippen LogP contribution in [0.2, 0.25) is 0 Å². The Morgan fingerprint density at radius 2 is 2.06 bits per heavy atom. The summed E-state index contributed by atoms with van der Waals surface area (Å²) >= 11 is 0. The molecule has 1 aromatic heterocycles. The fourth-order valence-corrected chi connectivity index (χ4v) is 5.26. The van der Waals surface area contributed by atoms with Crippen molar-refractivity contribution in [2.75, 3.05) is 6.61 Å². The lowest BCUT2D eigenvalue weighted by molar-refractivity contribution is -0.142. The van der Waals surface area contributed by atoms with Gasteiger partial charge < -0.3 is 14.3 Å². The number of carboxylic acids is 1. The van der Waals surface area contributed by atoms with Crippen molar-refractivity contribution in [1.29, 1.82) is 0 Å². The molecule has 1 heterocycles. The van der Waals surface area contributed by atoms with Crippen LogP contribution in [0.25, 0.3) is 16.9 Å². The molecule has 0 amide bonds. The number of carbonyl (C=O) groups is 1. The fourth-order valence-electron chi connectivity index (χ4n) is 5.26. The first-order valence-corrected chi connectivity index (χ1v) is 12.5. The summed E-state index contributed by atoms with van der Waals surface area (Å²) in [5.41, 5.74) is 5.29. The number of oxazole rings is 1. The molecule has 1 N–H and O–H groups in total. The molecule has 2 aromatic carbocycles. The average Bonchev–Trinajstić information content (AvgIpc) is 3.50. The highest BCUT2D eigenvalue weighted by molar-refractivity contribution is 5.72. The van der Waals surface area contributed by atoms with Crippen molar-refractivity contribution in [3.05, 3.63) is 89.5 Å². The largest absolute Gasteiger partial charge is 0.493 e. The molecule has 0 aliphatic heterocycles. The highest BCUT2D eigenvalue weighted by Gasteiger charge is 2.33. The molecule has 0 spiro atoms. The van der Waals surface area contributed by atoms with Gasteiger partial charge in [-0.05, 0) is 61.3 Å². The number of carboxylic acid groups (broad SMARTS) is 1. The van der Waals surface area contributed by atoms with Crippen LogP contribution in [0.4, 0.5) is 0 Å². The summed E-state index contributed by atoms with van der Waals surface area (Å²) in [6.07, 6.45) is 11.5. The Morgan fingerprint density at radius 1 is 1.20 bits per heavy atom. The predicted molar refractivity (Wildman–Crippen MR) is 136 cm³/mol. The summed E-state index contributed by atoms with van der Waals surface area (Å²) in [5, 5.41) is 9.58. The van der Waals surface area contributed by atoms with Crippen LogP contribution in [0.15, 0.2) is 71.2 Å². The van der Waals surface area contributed by atoms with E-state index in [1.807, 2.05) is 43.3 Å². The Labute approximate surface area is 206 Å². The number of benzene rings is 2. The molecule has 5 rings (SSSR count). The van der Waals surface area contributed by atoms with Gasteiger partial charge in [-0.25, -0.2) is 4.98 Å². The minimum absolute atomic E-state index is 0.0895. The third-order valence-corrected chi connectivity index (χ3v) is 7.06. The number of ether oxygens (including phenoxy) is 1. The molecule has 2 atom stereocenters. The number of nitrogens with zero attached hydrogens (tertiary/aromatic N) is 1. The Bertz CT molecular complexity index is 1250. The zero-order valence-corrected chi connectivity index (χ0v) is 20.1. The second kappa shape index (κ2) is 10.3. The van der Waals surface area contributed by atoms with Gasteiger partial charge in [-0.15, -0.1) is 0 Å². The van der Waals surface area contributed by atoms with Crippen LogP contribution in [0.1, 0.15) is 61.2 Å². The quantitative estimate of drug-likeness (QED) is 0.371. The standard InChI is InChI=1S/C30H31NO4/c1-2-24(30(32)33)26-15-13-22-19-23(14-16-25(22)26)34-18-17-27-28(20-9-5-3-6-10-20)35-29(31-27)21-11-7-4-8-12-21/h3,5-7,9-12,14,16,19,24,26H,2,4,8,13,15,17-18H2,1H3,(H,32,33). The Hall–Kier alpha value is -3.60. The van der Waals surface area contributed by atoms with Gasteiger partial charge in [-0.3, -0.25) is 4.79 Å².